The molecule has 0 aliphatic carbocycles. The van der Waals surface area contributed by atoms with Crippen LogP contribution >= 0.6 is 0 Å². The van der Waals surface area contributed by atoms with Crippen LogP contribution in [0, 0.1) is 0 Å². The maximum atomic E-state index is 12.7. The summed E-state index contributed by atoms with van der Waals surface area (Å²) in [5.41, 5.74) is 0.659. The molecule has 3 rings (SSSR count). The van der Waals surface area contributed by atoms with E-state index >= 15 is 0 Å². The summed E-state index contributed by atoms with van der Waals surface area (Å²) in [5, 5.41) is 21.6. The van der Waals surface area contributed by atoms with Crippen LogP contribution in [0.25, 0.3) is 11.5 Å². The molecule has 7 nitrogen and oxygen atoms in total. The zero-order valence-corrected chi connectivity index (χ0v) is 14.3. The Labute approximate surface area is 157 Å². The number of carbonyl (C=O) groups is 1. The number of benzene rings is 2. The van der Waals surface area contributed by atoms with Crippen molar-refractivity contribution in [3.63, 3.8) is 0 Å². The van der Waals surface area contributed by atoms with Crippen molar-refractivity contribution in [2.24, 2.45) is 0 Å². The largest absolute Gasteiger partial charge is 0.416 e. The summed E-state index contributed by atoms with van der Waals surface area (Å²) in [4.78, 5) is 11.8. The van der Waals surface area contributed by atoms with E-state index < -0.39 is 17.6 Å². The van der Waals surface area contributed by atoms with Crippen LogP contribution in [0.5, 0.6) is 0 Å². The minimum absolute atomic E-state index is 0.0443. The van der Waals surface area contributed by atoms with Gasteiger partial charge in [-0.3, -0.25) is 4.79 Å². The van der Waals surface area contributed by atoms with Gasteiger partial charge in [-0.25, -0.2) is 0 Å². The first-order valence-corrected chi connectivity index (χ1v) is 8.15. The molecule has 1 aromatic heterocycles. The van der Waals surface area contributed by atoms with Crippen LogP contribution in [0.1, 0.15) is 16.2 Å². The third-order valence-electron chi connectivity index (χ3n) is 3.67. The van der Waals surface area contributed by atoms with Crippen LogP contribution in [-0.2, 0) is 6.18 Å². The van der Waals surface area contributed by atoms with Crippen LogP contribution < -0.4 is 10.6 Å². The molecule has 3 N–H and O–H groups in total. The number of nitrogens with one attached hydrogen (secondary N) is 2. The maximum Gasteiger partial charge on any atom is 0.416 e. The van der Waals surface area contributed by atoms with Crippen molar-refractivity contribution in [2.75, 3.05) is 18.5 Å². The van der Waals surface area contributed by atoms with E-state index in [-0.39, 0.29) is 24.9 Å². The fraction of sp³-hybridized carbons (Fsp3) is 0.167. The second-order valence-corrected chi connectivity index (χ2v) is 5.64. The number of rotatable bonds is 6. The average Bonchev–Trinajstić information content (AvgIpc) is 3.16. The minimum atomic E-state index is -4.41. The highest BCUT2D eigenvalue weighted by atomic mass is 19.4. The van der Waals surface area contributed by atoms with E-state index in [2.05, 4.69) is 20.8 Å². The number of hydrogen-bond acceptors (Lipinski definition) is 6. The zero-order valence-electron chi connectivity index (χ0n) is 14.3. The van der Waals surface area contributed by atoms with Crippen molar-refractivity contribution in [3.8, 4) is 11.5 Å². The molecule has 0 saturated carbocycles. The number of nitrogens with zero attached hydrogens (tertiary/aromatic N) is 2. The fourth-order valence-electron chi connectivity index (χ4n) is 2.35. The van der Waals surface area contributed by atoms with Crippen LogP contribution in [0.4, 0.5) is 24.5 Å². The number of halogens is 3. The van der Waals surface area contributed by atoms with E-state index in [9.17, 15) is 18.0 Å². The van der Waals surface area contributed by atoms with Gasteiger partial charge in [0, 0.05) is 12.2 Å². The monoisotopic (exact) mass is 392 g/mol. The molecule has 0 atom stereocenters. The zero-order chi connectivity index (χ0) is 20.1. The molecule has 3 aromatic rings. The number of alkyl halides is 3. The van der Waals surface area contributed by atoms with E-state index in [0.717, 1.165) is 12.1 Å². The van der Waals surface area contributed by atoms with Crippen molar-refractivity contribution in [1.29, 1.82) is 0 Å². The normalized spacial score (nSPS) is 11.3. The molecule has 28 heavy (non-hydrogen) atoms. The Morgan fingerprint density at radius 3 is 2.46 bits per heavy atom. The highest BCUT2D eigenvalue weighted by Crippen LogP contribution is 2.32. The summed E-state index contributed by atoms with van der Waals surface area (Å²) in [6.45, 7) is -0.185. The van der Waals surface area contributed by atoms with Gasteiger partial charge in [-0.05, 0) is 36.4 Å². The van der Waals surface area contributed by atoms with E-state index in [4.69, 9.17) is 9.52 Å². The molecule has 0 fully saturated rings. The number of anilines is 2. The van der Waals surface area contributed by atoms with E-state index in [1.165, 1.54) is 12.1 Å². The molecule has 1 amide bonds. The maximum absolute atomic E-state index is 12.7. The lowest BCUT2D eigenvalue weighted by atomic mass is 10.1. The summed E-state index contributed by atoms with van der Waals surface area (Å²) in [7, 11) is 0. The third kappa shape index (κ3) is 4.46. The number of aliphatic hydroxyl groups is 1. The predicted octanol–water partition coefficient (Wildman–Crippen LogP) is 3.22. The second-order valence-electron chi connectivity index (χ2n) is 5.64. The van der Waals surface area contributed by atoms with E-state index in [1.807, 2.05) is 0 Å². The molecule has 10 heteroatoms. The van der Waals surface area contributed by atoms with Crippen LogP contribution in [-0.4, -0.2) is 34.4 Å². The van der Waals surface area contributed by atoms with Gasteiger partial charge in [0.25, 0.3) is 0 Å². The number of hydrogen-bond donors (Lipinski definition) is 3. The van der Waals surface area contributed by atoms with Crippen LogP contribution in [0.15, 0.2) is 52.9 Å². The van der Waals surface area contributed by atoms with Crippen molar-refractivity contribution in [3.05, 3.63) is 60.0 Å². The van der Waals surface area contributed by atoms with Gasteiger partial charge >= 0.3 is 18.0 Å². The van der Waals surface area contributed by atoms with Gasteiger partial charge < -0.3 is 20.2 Å². The summed E-state index contributed by atoms with van der Waals surface area (Å²) in [6, 6.07) is 11.3. The van der Waals surface area contributed by atoms with Gasteiger partial charge in [0.05, 0.1) is 23.4 Å². The Balaban J connectivity index is 1.82. The Kier molecular flexibility index (Phi) is 5.59. The number of para-hydroxylation sites is 1. The van der Waals surface area contributed by atoms with Crippen molar-refractivity contribution >= 4 is 17.3 Å². The lowest BCUT2D eigenvalue weighted by molar-refractivity contribution is -0.137. The Morgan fingerprint density at radius 1 is 1.07 bits per heavy atom. The third-order valence-corrected chi connectivity index (χ3v) is 3.67. The molecule has 2 aromatic carbocycles. The lowest BCUT2D eigenvalue weighted by Crippen LogP contribution is -2.26. The molecule has 0 saturated heterocycles. The van der Waals surface area contributed by atoms with Gasteiger partial charge in [-0.2, -0.15) is 13.2 Å². The number of aromatic nitrogens is 2. The highest BCUT2D eigenvalue weighted by molar-refractivity contribution is 5.90. The molecular weight excluding hydrogens is 377 g/mol. The molecule has 0 unspecified atom stereocenters. The Bertz CT molecular complexity index is 955. The molecule has 0 aliphatic rings. The summed E-state index contributed by atoms with van der Waals surface area (Å²) in [6.07, 6.45) is -4.41. The standard InChI is InChI=1S/C18H15F3N4O3/c19-18(20,21)11-5-7-12(8-6-11)23-14-4-2-1-3-13(14)16-24-25-17(28-16)15(27)22-9-10-26/h1-8,23,26H,9-10H2,(H,22,27). The molecule has 0 spiro atoms. The quantitative estimate of drug-likeness (QED) is 0.596. The smallest absolute Gasteiger partial charge is 0.412 e. The molecule has 0 radical (unpaired) electrons. The topological polar surface area (TPSA) is 100 Å². The number of amides is 1. The predicted molar refractivity (Wildman–Crippen MR) is 93.9 cm³/mol. The van der Waals surface area contributed by atoms with Crippen molar-refractivity contribution in [2.45, 2.75) is 6.18 Å². The first-order valence-electron chi connectivity index (χ1n) is 8.15. The van der Waals surface area contributed by atoms with Gasteiger partial charge in [0.15, 0.2) is 0 Å². The Morgan fingerprint density at radius 2 is 1.79 bits per heavy atom. The first-order chi connectivity index (χ1) is 13.4. The van der Waals surface area contributed by atoms with Crippen LogP contribution in [0.3, 0.4) is 0 Å². The summed E-state index contributed by atoms with van der Waals surface area (Å²) < 4.78 is 43.4. The molecule has 146 valence electrons. The SMILES string of the molecule is O=C(NCCO)c1nnc(-c2ccccc2Nc2ccc(C(F)(F)F)cc2)o1. The van der Waals surface area contributed by atoms with Crippen molar-refractivity contribution < 1.29 is 27.5 Å². The van der Waals surface area contributed by atoms with Gasteiger partial charge in [0.1, 0.15) is 0 Å². The highest BCUT2D eigenvalue weighted by Gasteiger charge is 2.30. The molecule has 0 aliphatic heterocycles. The van der Waals surface area contributed by atoms with Crippen LogP contribution in [0.2, 0.25) is 0 Å². The van der Waals surface area contributed by atoms with E-state index in [1.54, 1.807) is 24.3 Å². The van der Waals surface area contributed by atoms with Crippen molar-refractivity contribution in [1.82, 2.24) is 15.5 Å². The number of carbonyl (C=O) groups excluding carboxylic acids is 1. The fourth-order valence-corrected chi connectivity index (χ4v) is 2.35. The first kappa shape index (κ1) is 19.4. The molecular formula is C18H15F3N4O3. The molecule has 1 heterocycles. The second kappa shape index (κ2) is 8.09. The minimum Gasteiger partial charge on any atom is -0.412 e. The van der Waals surface area contributed by atoms with Gasteiger partial charge in [0.2, 0.25) is 5.89 Å². The number of aliphatic hydroxyl groups excluding tert-OH is 1. The van der Waals surface area contributed by atoms with E-state index in [0.29, 0.717) is 16.9 Å². The summed E-state index contributed by atoms with van der Waals surface area (Å²) in [5.74, 6) is -0.835. The van der Waals surface area contributed by atoms with Gasteiger partial charge in [-0.15, -0.1) is 10.2 Å². The average molecular weight is 392 g/mol. The van der Waals surface area contributed by atoms with Gasteiger partial charge in [-0.1, -0.05) is 12.1 Å². The summed E-state index contributed by atoms with van der Waals surface area (Å²) >= 11 is 0. The Hall–Kier alpha value is -3.40. The molecule has 0 bridgehead atoms. The lowest BCUT2D eigenvalue weighted by Gasteiger charge is -2.11.